The average molecular weight is 266 g/mol. The van der Waals surface area contributed by atoms with Gasteiger partial charge in [-0.3, -0.25) is 0 Å². The molecule has 0 aliphatic heterocycles. The van der Waals surface area contributed by atoms with Gasteiger partial charge in [-0.1, -0.05) is 12.1 Å². The van der Waals surface area contributed by atoms with Gasteiger partial charge in [-0.05, 0) is 29.8 Å². The quantitative estimate of drug-likeness (QED) is 0.923. The summed E-state index contributed by atoms with van der Waals surface area (Å²) in [7, 11) is 1.40. The summed E-state index contributed by atoms with van der Waals surface area (Å²) in [5, 5.41) is 0. The molecule has 0 radical (unpaired) electrons. The lowest BCUT2D eigenvalue weighted by atomic mass is 10.1. The van der Waals surface area contributed by atoms with E-state index in [4.69, 9.17) is 5.73 Å². The number of hydrogen-bond acceptors (Lipinski definition) is 2. The van der Waals surface area contributed by atoms with E-state index in [1.165, 1.54) is 25.2 Å². The molecule has 0 fully saturated rings. The SMILES string of the molecule is CN(c1ccccc1F)c1c(F)cc(CN)cc1F. The molecule has 100 valence electrons. The monoisotopic (exact) mass is 266 g/mol. The van der Waals surface area contributed by atoms with Crippen molar-refractivity contribution in [3.8, 4) is 0 Å². The van der Waals surface area contributed by atoms with Gasteiger partial charge in [0.25, 0.3) is 0 Å². The van der Waals surface area contributed by atoms with Crippen molar-refractivity contribution >= 4 is 11.4 Å². The van der Waals surface area contributed by atoms with Gasteiger partial charge in [0.2, 0.25) is 0 Å². The number of nitrogens with zero attached hydrogens (tertiary/aromatic N) is 1. The maximum absolute atomic E-state index is 13.9. The number of hydrogen-bond donors (Lipinski definition) is 1. The standard InChI is InChI=1S/C14H13F3N2/c1-19(13-5-3-2-4-10(13)15)14-11(16)6-9(8-18)7-12(14)17/h2-7H,8,18H2,1H3. The topological polar surface area (TPSA) is 29.3 Å². The van der Waals surface area contributed by atoms with Crippen molar-refractivity contribution in [2.24, 2.45) is 5.73 Å². The summed E-state index contributed by atoms with van der Waals surface area (Å²) in [4.78, 5) is 1.14. The first-order valence-electron chi connectivity index (χ1n) is 5.71. The van der Waals surface area contributed by atoms with Crippen molar-refractivity contribution in [2.45, 2.75) is 6.54 Å². The molecule has 0 aromatic heterocycles. The average Bonchev–Trinajstić information content (AvgIpc) is 2.38. The lowest BCUT2D eigenvalue weighted by molar-refractivity contribution is 0.577. The molecule has 2 N–H and O–H groups in total. The minimum Gasteiger partial charge on any atom is -0.337 e. The van der Waals surface area contributed by atoms with E-state index in [1.807, 2.05) is 0 Å². The van der Waals surface area contributed by atoms with E-state index in [9.17, 15) is 13.2 Å². The molecule has 0 saturated carbocycles. The van der Waals surface area contributed by atoms with Crippen molar-refractivity contribution in [1.29, 1.82) is 0 Å². The Balaban J connectivity index is 2.50. The van der Waals surface area contributed by atoms with Crippen molar-refractivity contribution in [1.82, 2.24) is 0 Å². The van der Waals surface area contributed by atoms with E-state index in [1.54, 1.807) is 6.07 Å². The third-order valence-electron chi connectivity index (χ3n) is 2.86. The minimum atomic E-state index is -0.772. The summed E-state index contributed by atoms with van der Waals surface area (Å²) < 4.78 is 41.4. The summed E-state index contributed by atoms with van der Waals surface area (Å²) in [6.07, 6.45) is 0. The highest BCUT2D eigenvalue weighted by atomic mass is 19.1. The molecular weight excluding hydrogens is 253 g/mol. The van der Waals surface area contributed by atoms with Crippen molar-refractivity contribution < 1.29 is 13.2 Å². The summed E-state index contributed by atoms with van der Waals surface area (Å²) in [6.45, 7) is 0.0392. The van der Waals surface area contributed by atoms with Crippen LogP contribution in [0.1, 0.15) is 5.56 Å². The van der Waals surface area contributed by atoms with Crippen LogP contribution in [0.25, 0.3) is 0 Å². The Morgan fingerprint density at radius 3 is 2.11 bits per heavy atom. The lowest BCUT2D eigenvalue weighted by Crippen LogP contribution is -2.15. The Morgan fingerprint density at radius 1 is 1.00 bits per heavy atom. The molecule has 0 atom stereocenters. The molecule has 5 heteroatoms. The summed E-state index contributed by atoms with van der Waals surface area (Å²) >= 11 is 0. The van der Waals surface area contributed by atoms with E-state index >= 15 is 0 Å². The van der Waals surface area contributed by atoms with Crippen LogP contribution in [-0.2, 0) is 6.54 Å². The number of para-hydroxylation sites is 1. The normalized spacial score (nSPS) is 10.6. The fourth-order valence-electron chi connectivity index (χ4n) is 1.90. The van der Waals surface area contributed by atoms with Crippen LogP contribution in [0.4, 0.5) is 24.5 Å². The van der Waals surface area contributed by atoms with Gasteiger partial charge in [-0.15, -0.1) is 0 Å². The predicted molar refractivity (Wildman–Crippen MR) is 68.7 cm³/mol. The van der Waals surface area contributed by atoms with Gasteiger partial charge in [0.15, 0.2) is 0 Å². The summed E-state index contributed by atoms with van der Waals surface area (Å²) in [5.74, 6) is -2.09. The molecule has 0 bridgehead atoms. The van der Waals surface area contributed by atoms with Gasteiger partial charge in [0.1, 0.15) is 23.1 Å². The second-order valence-electron chi connectivity index (χ2n) is 4.12. The van der Waals surface area contributed by atoms with Crippen LogP contribution in [0.3, 0.4) is 0 Å². The highest BCUT2D eigenvalue weighted by molar-refractivity contribution is 5.64. The fraction of sp³-hybridized carbons (Fsp3) is 0.143. The number of anilines is 2. The van der Waals surface area contributed by atoms with Gasteiger partial charge in [-0.25, -0.2) is 13.2 Å². The van der Waals surface area contributed by atoms with Crippen LogP contribution in [0.15, 0.2) is 36.4 Å². The maximum Gasteiger partial charge on any atom is 0.150 e. The zero-order valence-corrected chi connectivity index (χ0v) is 10.3. The molecular formula is C14H13F3N2. The molecule has 0 amide bonds. The van der Waals surface area contributed by atoms with Gasteiger partial charge in [-0.2, -0.15) is 0 Å². The van der Waals surface area contributed by atoms with E-state index in [2.05, 4.69) is 0 Å². The van der Waals surface area contributed by atoms with Crippen LogP contribution < -0.4 is 10.6 Å². The second kappa shape index (κ2) is 5.32. The highest BCUT2D eigenvalue weighted by Gasteiger charge is 2.18. The molecule has 0 aliphatic rings. The molecule has 2 nitrogen and oxygen atoms in total. The zero-order chi connectivity index (χ0) is 14.0. The molecule has 2 aromatic carbocycles. The van der Waals surface area contributed by atoms with Gasteiger partial charge in [0, 0.05) is 13.6 Å². The molecule has 0 saturated heterocycles. The zero-order valence-electron chi connectivity index (χ0n) is 10.3. The second-order valence-corrected chi connectivity index (χ2v) is 4.12. The number of rotatable bonds is 3. The predicted octanol–water partition coefficient (Wildman–Crippen LogP) is 3.33. The first kappa shape index (κ1) is 13.4. The first-order chi connectivity index (χ1) is 9.04. The minimum absolute atomic E-state index is 0.0392. The van der Waals surface area contributed by atoms with E-state index < -0.39 is 17.5 Å². The largest absolute Gasteiger partial charge is 0.337 e. The third-order valence-corrected chi connectivity index (χ3v) is 2.86. The van der Waals surface area contributed by atoms with Crippen LogP contribution in [0.2, 0.25) is 0 Å². The molecule has 0 aliphatic carbocycles. The van der Waals surface area contributed by atoms with Crippen molar-refractivity contribution in [2.75, 3.05) is 11.9 Å². The molecule has 19 heavy (non-hydrogen) atoms. The lowest BCUT2D eigenvalue weighted by Gasteiger charge is -2.21. The van der Waals surface area contributed by atoms with Crippen molar-refractivity contribution in [3.63, 3.8) is 0 Å². The maximum atomic E-state index is 13.9. The van der Waals surface area contributed by atoms with E-state index in [0.717, 1.165) is 17.0 Å². The molecule has 0 spiro atoms. The van der Waals surface area contributed by atoms with E-state index in [-0.39, 0.29) is 17.9 Å². The van der Waals surface area contributed by atoms with Crippen LogP contribution in [0, 0.1) is 17.5 Å². The van der Waals surface area contributed by atoms with Gasteiger partial charge >= 0.3 is 0 Å². The number of nitrogens with two attached hydrogens (primary N) is 1. The Bertz CT molecular complexity index is 576. The third kappa shape index (κ3) is 2.56. The molecule has 2 rings (SSSR count). The van der Waals surface area contributed by atoms with Gasteiger partial charge in [0.05, 0.1) is 5.69 Å². The number of benzene rings is 2. The molecule has 0 heterocycles. The smallest absolute Gasteiger partial charge is 0.150 e. The van der Waals surface area contributed by atoms with Gasteiger partial charge < -0.3 is 10.6 Å². The Kier molecular flexibility index (Phi) is 3.76. The van der Waals surface area contributed by atoms with E-state index in [0.29, 0.717) is 5.56 Å². The first-order valence-corrected chi connectivity index (χ1v) is 5.71. The Hall–Kier alpha value is -2.01. The van der Waals surface area contributed by atoms with Crippen molar-refractivity contribution in [3.05, 3.63) is 59.4 Å². The Labute approximate surface area is 109 Å². The molecule has 2 aromatic rings. The highest BCUT2D eigenvalue weighted by Crippen LogP contribution is 2.31. The fourth-order valence-corrected chi connectivity index (χ4v) is 1.90. The molecule has 0 unspecified atom stereocenters. The van der Waals surface area contributed by atoms with Crippen LogP contribution >= 0.6 is 0 Å². The summed E-state index contributed by atoms with van der Waals surface area (Å²) in [5.41, 5.74) is 5.48. The van der Waals surface area contributed by atoms with Crippen LogP contribution in [-0.4, -0.2) is 7.05 Å². The Morgan fingerprint density at radius 2 is 1.58 bits per heavy atom. The van der Waals surface area contributed by atoms with Crippen LogP contribution in [0.5, 0.6) is 0 Å². The number of halogens is 3. The summed E-state index contributed by atoms with van der Waals surface area (Å²) in [6, 6.07) is 8.09.